The lowest BCUT2D eigenvalue weighted by Gasteiger charge is -2.21. The second kappa shape index (κ2) is 9.95. The molecular formula is C21H24ClN3O4S2. The van der Waals surface area contributed by atoms with Crippen LogP contribution in [0.3, 0.4) is 0 Å². The molecule has 0 atom stereocenters. The number of halogens is 1. The number of aromatic nitrogens is 1. The average Bonchev–Trinajstić information content (AvgIpc) is 3.18. The second-order valence-corrected chi connectivity index (χ2v) is 10.2. The molecule has 0 saturated carbocycles. The summed E-state index contributed by atoms with van der Waals surface area (Å²) in [5.74, 6) is 0.173. The van der Waals surface area contributed by atoms with Crippen LogP contribution in [0.4, 0.5) is 5.13 Å². The lowest BCUT2D eigenvalue weighted by molar-refractivity contribution is 0.102. The van der Waals surface area contributed by atoms with E-state index in [0.29, 0.717) is 44.8 Å². The molecule has 0 bridgehead atoms. The molecular weight excluding hydrogens is 458 g/mol. The van der Waals surface area contributed by atoms with E-state index >= 15 is 0 Å². The number of nitrogens with zero attached hydrogens (tertiary/aromatic N) is 2. The number of sulfonamides is 1. The molecule has 1 N–H and O–H groups in total. The molecule has 31 heavy (non-hydrogen) atoms. The Kier molecular flexibility index (Phi) is 7.53. The first-order valence-corrected chi connectivity index (χ1v) is 12.5. The summed E-state index contributed by atoms with van der Waals surface area (Å²) in [5, 5.41) is 3.64. The maximum atomic E-state index is 12.9. The van der Waals surface area contributed by atoms with Crippen LogP contribution in [0.25, 0.3) is 10.2 Å². The van der Waals surface area contributed by atoms with Gasteiger partial charge >= 0.3 is 0 Å². The number of hydrogen-bond donors (Lipinski definition) is 1. The van der Waals surface area contributed by atoms with Crippen molar-refractivity contribution in [2.24, 2.45) is 0 Å². The van der Waals surface area contributed by atoms with Gasteiger partial charge in [-0.25, -0.2) is 13.4 Å². The van der Waals surface area contributed by atoms with Crippen molar-refractivity contribution in [3.63, 3.8) is 0 Å². The van der Waals surface area contributed by atoms with Crippen molar-refractivity contribution in [2.45, 2.75) is 31.6 Å². The molecule has 0 fully saturated rings. The van der Waals surface area contributed by atoms with Crippen LogP contribution in [0.1, 0.15) is 37.0 Å². The Morgan fingerprint density at radius 1 is 1.13 bits per heavy atom. The van der Waals surface area contributed by atoms with Crippen LogP contribution in [0.5, 0.6) is 5.75 Å². The average molecular weight is 482 g/mol. The Labute approximate surface area is 191 Å². The number of rotatable bonds is 9. The molecule has 1 heterocycles. The number of hydrogen-bond acceptors (Lipinski definition) is 6. The predicted octanol–water partition coefficient (Wildman–Crippen LogP) is 5.02. The van der Waals surface area contributed by atoms with E-state index in [-0.39, 0.29) is 4.90 Å². The number of amides is 1. The van der Waals surface area contributed by atoms with Crippen LogP contribution in [-0.4, -0.2) is 43.8 Å². The van der Waals surface area contributed by atoms with Crippen LogP contribution >= 0.6 is 22.9 Å². The number of benzene rings is 2. The van der Waals surface area contributed by atoms with Crippen molar-refractivity contribution in [2.75, 3.05) is 25.5 Å². The smallest absolute Gasteiger partial charge is 0.257 e. The Hall–Kier alpha value is -2.20. The van der Waals surface area contributed by atoms with Gasteiger partial charge in [-0.15, -0.1) is 0 Å². The minimum absolute atomic E-state index is 0.169. The molecule has 0 unspecified atom stereocenters. The van der Waals surface area contributed by atoms with E-state index in [2.05, 4.69) is 10.3 Å². The molecule has 0 radical (unpaired) electrons. The van der Waals surface area contributed by atoms with Gasteiger partial charge in [-0.05, 0) is 49.2 Å². The Morgan fingerprint density at radius 2 is 1.77 bits per heavy atom. The fourth-order valence-electron chi connectivity index (χ4n) is 3.12. The number of methoxy groups -OCH3 is 1. The van der Waals surface area contributed by atoms with Gasteiger partial charge in [0.1, 0.15) is 11.3 Å². The van der Waals surface area contributed by atoms with Crippen molar-refractivity contribution < 1.29 is 17.9 Å². The molecule has 1 amide bonds. The molecule has 0 spiro atoms. The van der Waals surface area contributed by atoms with E-state index in [1.807, 2.05) is 13.8 Å². The number of nitrogens with one attached hydrogen (secondary N) is 1. The molecule has 10 heteroatoms. The Morgan fingerprint density at radius 3 is 2.35 bits per heavy atom. The number of fused-ring (bicyclic) bond motifs is 1. The number of carbonyl (C=O) groups is 1. The highest BCUT2D eigenvalue weighted by Gasteiger charge is 2.23. The Bertz CT molecular complexity index is 1170. The van der Waals surface area contributed by atoms with E-state index in [9.17, 15) is 13.2 Å². The van der Waals surface area contributed by atoms with Crippen molar-refractivity contribution in [1.82, 2.24) is 9.29 Å². The Balaban J connectivity index is 1.81. The second-order valence-electron chi connectivity index (χ2n) is 6.83. The maximum Gasteiger partial charge on any atom is 0.257 e. The molecule has 3 rings (SSSR count). The van der Waals surface area contributed by atoms with Gasteiger partial charge in [0, 0.05) is 18.7 Å². The van der Waals surface area contributed by atoms with Crippen molar-refractivity contribution in [1.29, 1.82) is 0 Å². The predicted molar refractivity (Wildman–Crippen MR) is 125 cm³/mol. The molecule has 0 aliphatic heterocycles. The van der Waals surface area contributed by atoms with Crippen LogP contribution in [0, 0.1) is 0 Å². The minimum Gasteiger partial charge on any atom is -0.494 e. The normalized spacial score (nSPS) is 11.8. The highest BCUT2D eigenvalue weighted by atomic mass is 35.5. The van der Waals surface area contributed by atoms with Crippen LogP contribution in [0.15, 0.2) is 41.3 Å². The summed E-state index contributed by atoms with van der Waals surface area (Å²) in [6, 6.07) is 9.35. The summed E-state index contributed by atoms with van der Waals surface area (Å²) in [6.07, 6.45) is 1.47. The zero-order chi connectivity index (χ0) is 22.6. The fourth-order valence-corrected chi connectivity index (χ4v) is 5.89. The quantitative estimate of drug-likeness (QED) is 0.463. The molecule has 0 aliphatic carbocycles. The van der Waals surface area contributed by atoms with E-state index in [1.165, 1.54) is 47.0 Å². The van der Waals surface area contributed by atoms with Gasteiger partial charge in [0.15, 0.2) is 5.13 Å². The summed E-state index contributed by atoms with van der Waals surface area (Å²) in [5.41, 5.74) is 0.900. The highest BCUT2D eigenvalue weighted by molar-refractivity contribution is 7.89. The summed E-state index contributed by atoms with van der Waals surface area (Å²) in [6.45, 7) is 4.80. The van der Waals surface area contributed by atoms with Crippen molar-refractivity contribution in [3.05, 3.63) is 47.0 Å². The van der Waals surface area contributed by atoms with Crippen LogP contribution < -0.4 is 10.1 Å². The van der Waals surface area contributed by atoms with Crippen LogP contribution in [-0.2, 0) is 10.0 Å². The molecule has 3 aromatic rings. The van der Waals surface area contributed by atoms with E-state index in [1.54, 1.807) is 12.1 Å². The molecule has 0 aliphatic rings. The van der Waals surface area contributed by atoms with Gasteiger partial charge < -0.3 is 4.74 Å². The monoisotopic (exact) mass is 481 g/mol. The van der Waals surface area contributed by atoms with E-state index < -0.39 is 15.9 Å². The summed E-state index contributed by atoms with van der Waals surface area (Å²) < 4.78 is 33.2. The first kappa shape index (κ1) is 23.5. The number of thiazole rings is 1. The van der Waals surface area contributed by atoms with Crippen molar-refractivity contribution >= 4 is 54.2 Å². The molecule has 2 aromatic carbocycles. The van der Waals surface area contributed by atoms with Gasteiger partial charge in [0.2, 0.25) is 10.0 Å². The maximum absolute atomic E-state index is 12.9. The topological polar surface area (TPSA) is 88.6 Å². The molecule has 0 saturated heterocycles. The third-order valence-corrected chi connectivity index (χ3v) is 7.94. The lowest BCUT2D eigenvalue weighted by Crippen LogP contribution is -2.32. The summed E-state index contributed by atoms with van der Waals surface area (Å²) >= 11 is 7.47. The van der Waals surface area contributed by atoms with E-state index in [4.69, 9.17) is 16.3 Å². The largest absolute Gasteiger partial charge is 0.494 e. The molecule has 7 nitrogen and oxygen atoms in total. The van der Waals surface area contributed by atoms with E-state index in [0.717, 1.165) is 12.8 Å². The standard InChI is InChI=1S/C21H24ClN3O4S2/c1-4-12-25(13-5-2)31(27,28)15-8-6-14(7-9-15)20(26)24-21-23-18-17(29-3)11-10-16(22)19(18)30-21/h6-11H,4-5,12-13H2,1-3H3,(H,23,24,26). The van der Waals surface area contributed by atoms with Gasteiger partial charge in [0.25, 0.3) is 5.91 Å². The van der Waals surface area contributed by atoms with Gasteiger partial charge in [0.05, 0.1) is 21.7 Å². The fraction of sp³-hybridized carbons (Fsp3) is 0.333. The van der Waals surface area contributed by atoms with Crippen molar-refractivity contribution in [3.8, 4) is 5.75 Å². The zero-order valence-corrected chi connectivity index (χ0v) is 19.9. The third kappa shape index (κ3) is 5.01. The first-order chi connectivity index (χ1) is 14.8. The van der Waals surface area contributed by atoms with Crippen LogP contribution in [0.2, 0.25) is 5.02 Å². The number of anilines is 1. The van der Waals surface area contributed by atoms with Gasteiger partial charge in [-0.1, -0.05) is 36.8 Å². The highest BCUT2D eigenvalue weighted by Crippen LogP contribution is 2.37. The number of carbonyl (C=O) groups excluding carboxylic acids is 1. The summed E-state index contributed by atoms with van der Waals surface area (Å²) in [7, 11) is -2.05. The van der Waals surface area contributed by atoms with Gasteiger partial charge in [-0.3, -0.25) is 10.1 Å². The van der Waals surface area contributed by atoms with Gasteiger partial charge in [-0.2, -0.15) is 4.31 Å². The third-order valence-electron chi connectivity index (χ3n) is 4.60. The molecule has 166 valence electrons. The summed E-state index contributed by atoms with van der Waals surface area (Å²) in [4.78, 5) is 17.2. The zero-order valence-electron chi connectivity index (χ0n) is 17.5. The SMILES string of the molecule is CCCN(CCC)S(=O)(=O)c1ccc(C(=O)Nc2nc3c(OC)ccc(Cl)c3s2)cc1. The molecule has 1 aromatic heterocycles. The lowest BCUT2D eigenvalue weighted by atomic mass is 10.2. The number of ether oxygens (including phenoxy) is 1. The first-order valence-electron chi connectivity index (χ1n) is 9.86. The minimum atomic E-state index is -3.59.